The molecule has 0 aliphatic heterocycles. The summed E-state index contributed by atoms with van der Waals surface area (Å²) in [6.45, 7) is 2.53. The number of anilines is 5. The molecule has 13 heteroatoms. The molecule has 0 spiro atoms. The van der Waals surface area contributed by atoms with Crippen LogP contribution < -0.4 is 21.3 Å². The lowest BCUT2D eigenvalue weighted by molar-refractivity contribution is 0.0497. The van der Waals surface area contributed by atoms with Crippen LogP contribution in [0.2, 0.25) is 0 Å². The van der Waals surface area contributed by atoms with Gasteiger partial charge in [-0.1, -0.05) is 30.3 Å². The van der Waals surface area contributed by atoms with Gasteiger partial charge in [-0.2, -0.15) is 15.0 Å². The Morgan fingerprint density at radius 2 is 1.27 bits per heavy atom. The Balaban J connectivity index is 1.09. The first-order chi connectivity index (χ1) is 24.0. The van der Waals surface area contributed by atoms with Crippen LogP contribution in [0.25, 0.3) is 0 Å². The summed E-state index contributed by atoms with van der Waals surface area (Å²) in [6, 6.07) is 26.4. The number of hydrogen-bond donors (Lipinski definition) is 5. The van der Waals surface area contributed by atoms with E-state index in [4.69, 9.17) is 9.47 Å². The summed E-state index contributed by atoms with van der Waals surface area (Å²) in [5.41, 5.74) is 3.53. The molecule has 5 N–H and O–H groups in total. The number of carbonyl (C=O) groups is 2. The normalized spacial score (nSPS) is 10.7. The number of ketones is 1. The van der Waals surface area contributed by atoms with Gasteiger partial charge < -0.3 is 35.8 Å². The lowest BCUT2D eigenvalue weighted by Crippen LogP contribution is -2.22. The van der Waals surface area contributed by atoms with Crippen LogP contribution in [0.1, 0.15) is 39.1 Å². The Hall–Kier alpha value is -5.92. The molecule has 0 bridgehead atoms. The third-order valence-electron chi connectivity index (χ3n) is 7.05. The lowest BCUT2D eigenvalue weighted by Gasteiger charge is -2.12. The van der Waals surface area contributed by atoms with E-state index in [0.717, 1.165) is 11.1 Å². The molecular formula is C36H38N8O5. The van der Waals surface area contributed by atoms with Gasteiger partial charge in [0.1, 0.15) is 5.75 Å². The van der Waals surface area contributed by atoms with Gasteiger partial charge in [0.2, 0.25) is 17.8 Å². The number of hydrogen-bond acceptors (Lipinski definition) is 12. The number of Topliss-reactive ketones (excluding diaryl/α,β-unsaturated/α-hetero) is 1. The number of phenols is 1. The molecule has 2 aromatic heterocycles. The maximum absolute atomic E-state index is 12.6. The quantitative estimate of drug-likeness (QED) is 0.0428. The minimum Gasteiger partial charge on any atom is -0.508 e. The molecule has 3 aromatic carbocycles. The molecule has 252 valence electrons. The smallest absolute Gasteiger partial charge is 0.251 e. The third kappa shape index (κ3) is 11.7. The van der Waals surface area contributed by atoms with Crippen molar-refractivity contribution in [1.29, 1.82) is 0 Å². The Kier molecular flexibility index (Phi) is 12.9. The molecule has 1 amide bonds. The molecule has 0 unspecified atom stereocenters. The van der Waals surface area contributed by atoms with E-state index in [0.29, 0.717) is 75.2 Å². The maximum atomic E-state index is 12.6. The monoisotopic (exact) mass is 662 g/mol. The number of benzene rings is 3. The van der Waals surface area contributed by atoms with Gasteiger partial charge in [0, 0.05) is 61.0 Å². The van der Waals surface area contributed by atoms with E-state index in [1.165, 1.54) is 0 Å². The average Bonchev–Trinajstić information content (AvgIpc) is 3.13. The molecule has 0 atom stereocenters. The fourth-order valence-corrected chi connectivity index (χ4v) is 4.52. The highest BCUT2D eigenvalue weighted by Gasteiger charge is 2.10. The van der Waals surface area contributed by atoms with E-state index in [1.807, 2.05) is 42.5 Å². The zero-order valence-electron chi connectivity index (χ0n) is 26.8. The Morgan fingerprint density at radius 3 is 1.94 bits per heavy atom. The van der Waals surface area contributed by atoms with Crippen molar-refractivity contribution < 1.29 is 24.2 Å². The molecule has 2 heterocycles. The minimum absolute atomic E-state index is 0.111. The molecule has 0 saturated carbocycles. The molecule has 0 saturated heterocycles. The predicted molar refractivity (Wildman–Crippen MR) is 186 cm³/mol. The SMILES string of the molecule is O=C(CCCOCCOCCNc1nc(Nc2ccc(O)cc2)nc(Nc2ccc(C(=O)NCc3ccncc3)cc2)n1)c1ccccc1. The summed E-state index contributed by atoms with van der Waals surface area (Å²) in [4.78, 5) is 42.2. The molecule has 0 aliphatic rings. The van der Waals surface area contributed by atoms with Crippen molar-refractivity contribution in [3.05, 3.63) is 120 Å². The minimum atomic E-state index is -0.195. The molecule has 0 aliphatic carbocycles. The second-order valence-electron chi connectivity index (χ2n) is 10.8. The fraction of sp³-hybridized carbons (Fsp3) is 0.222. The van der Waals surface area contributed by atoms with Crippen LogP contribution in [0.3, 0.4) is 0 Å². The first kappa shape index (κ1) is 34.4. The number of pyridine rings is 1. The van der Waals surface area contributed by atoms with Crippen LogP contribution in [-0.4, -0.2) is 69.7 Å². The second-order valence-corrected chi connectivity index (χ2v) is 10.8. The van der Waals surface area contributed by atoms with Crippen molar-refractivity contribution in [2.75, 3.05) is 48.9 Å². The number of ether oxygens (including phenoxy) is 2. The number of aromatic hydroxyl groups is 1. The molecular weight excluding hydrogens is 624 g/mol. The Labute approximate surface area is 284 Å². The maximum Gasteiger partial charge on any atom is 0.251 e. The van der Waals surface area contributed by atoms with E-state index >= 15 is 0 Å². The van der Waals surface area contributed by atoms with Crippen molar-refractivity contribution in [2.24, 2.45) is 0 Å². The summed E-state index contributed by atoms with van der Waals surface area (Å²) >= 11 is 0. The van der Waals surface area contributed by atoms with Crippen molar-refractivity contribution in [2.45, 2.75) is 19.4 Å². The lowest BCUT2D eigenvalue weighted by atomic mass is 10.1. The topological polar surface area (TPSA) is 173 Å². The summed E-state index contributed by atoms with van der Waals surface area (Å²) < 4.78 is 11.3. The number of amides is 1. The Morgan fingerprint density at radius 1 is 0.653 bits per heavy atom. The van der Waals surface area contributed by atoms with E-state index in [1.54, 1.807) is 60.9 Å². The van der Waals surface area contributed by atoms with Crippen molar-refractivity contribution in [1.82, 2.24) is 25.3 Å². The summed E-state index contributed by atoms with van der Waals surface area (Å²) in [6.07, 6.45) is 4.46. The molecule has 0 radical (unpaired) electrons. The van der Waals surface area contributed by atoms with Crippen LogP contribution in [0.4, 0.5) is 29.2 Å². The zero-order valence-corrected chi connectivity index (χ0v) is 26.8. The highest BCUT2D eigenvalue weighted by atomic mass is 16.5. The summed E-state index contributed by atoms with van der Waals surface area (Å²) in [5, 5.41) is 22.0. The van der Waals surface area contributed by atoms with Gasteiger partial charge in [0.25, 0.3) is 5.91 Å². The number of carbonyl (C=O) groups excluding carboxylic acids is 2. The van der Waals surface area contributed by atoms with Gasteiger partial charge in [0.05, 0.1) is 19.8 Å². The summed E-state index contributed by atoms with van der Waals surface area (Å²) in [7, 11) is 0. The molecule has 0 fully saturated rings. The zero-order chi connectivity index (χ0) is 34.1. The number of phenolic OH excluding ortho intramolecular Hbond substituents is 1. The Bertz CT molecular complexity index is 1760. The van der Waals surface area contributed by atoms with Crippen LogP contribution in [-0.2, 0) is 16.0 Å². The first-order valence-electron chi connectivity index (χ1n) is 15.9. The van der Waals surface area contributed by atoms with E-state index in [-0.39, 0.29) is 29.3 Å². The number of nitrogens with zero attached hydrogens (tertiary/aromatic N) is 4. The van der Waals surface area contributed by atoms with Gasteiger partial charge in [-0.15, -0.1) is 0 Å². The van der Waals surface area contributed by atoms with E-state index in [2.05, 4.69) is 41.2 Å². The van der Waals surface area contributed by atoms with E-state index in [9.17, 15) is 14.7 Å². The van der Waals surface area contributed by atoms with Crippen LogP contribution in [0, 0.1) is 0 Å². The van der Waals surface area contributed by atoms with Crippen LogP contribution in [0.5, 0.6) is 5.75 Å². The highest BCUT2D eigenvalue weighted by molar-refractivity contribution is 5.96. The fourth-order valence-electron chi connectivity index (χ4n) is 4.52. The van der Waals surface area contributed by atoms with Gasteiger partial charge in [-0.3, -0.25) is 14.6 Å². The van der Waals surface area contributed by atoms with E-state index < -0.39 is 0 Å². The van der Waals surface area contributed by atoms with Crippen molar-refractivity contribution in [3.63, 3.8) is 0 Å². The average molecular weight is 663 g/mol. The van der Waals surface area contributed by atoms with Crippen molar-refractivity contribution in [3.8, 4) is 5.75 Å². The molecule has 5 rings (SSSR count). The van der Waals surface area contributed by atoms with Gasteiger partial charge in [-0.05, 0) is 72.6 Å². The third-order valence-corrected chi connectivity index (χ3v) is 7.05. The molecule has 13 nitrogen and oxygen atoms in total. The second kappa shape index (κ2) is 18.4. The van der Waals surface area contributed by atoms with Gasteiger partial charge in [-0.25, -0.2) is 0 Å². The largest absolute Gasteiger partial charge is 0.508 e. The van der Waals surface area contributed by atoms with Crippen molar-refractivity contribution >= 4 is 40.9 Å². The van der Waals surface area contributed by atoms with Gasteiger partial charge in [0.15, 0.2) is 5.78 Å². The predicted octanol–water partition coefficient (Wildman–Crippen LogP) is 5.50. The molecule has 5 aromatic rings. The van der Waals surface area contributed by atoms with Gasteiger partial charge >= 0.3 is 0 Å². The first-order valence-corrected chi connectivity index (χ1v) is 15.9. The highest BCUT2D eigenvalue weighted by Crippen LogP contribution is 2.21. The van der Waals surface area contributed by atoms with Crippen LogP contribution >= 0.6 is 0 Å². The number of nitrogens with one attached hydrogen (secondary N) is 4. The van der Waals surface area contributed by atoms with Crippen LogP contribution in [0.15, 0.2) is 103 Å². The number of aromatic nitrogens is 4. The standard InChI is InChI=1S/C36H38N8O5/c45-31-14-12-30(13-15-31)41-36-43-34(38-20-22-49-24-23-48-21-4-7-32(46)27-5-2-1-3-6-27)42-35(44-36)40-29-10-8-28(9-11-29)33(47)39-25-26-16-18-37-19-17-26/h1-3,5-6,8-19,45H,4,7,20-25H2,(H,39,47)(H3,38,40,41,42,43,44). The summed E-state index contributed by atoms with van der Waals surface area (Å²) in [5.74, 6) is 0.920. The molecule has 49 heavy (non-hydrogen) atoms. The number of rotatable bonds is 19.